The van der Waals surface area contributed by atoms with Crippen LogP contribution in [0.25, 0.3) is 0 Å². The molecule has 1 N–H and O–H groups in total. The van der Waals surface area contributed by atoms with E-state index in [9.17, 15) is 18.0 Å². The lowest BCUT2D eigenvalue weighted by atomic mass is 10.1. The molecule has 0 aromatic heterocycles. The summed E-state index contributed by atoms with van der Waals surface area (Å²) in [4.78, 5) is 27.3. The minimum absolute atomic E-state index is 0.00251. The van der Waals surface area contributed by atoms with Crippen LogP contribution in [0.2, 0.25) is 0 Å². The second-order valence-corrected chi connectivity index (χ2v) is 11.5. The topological polar surface area (TPSA) is 86.8 Å². The molecule has 2 saturated heterocycles. The van der Waals surface area contributed by atoms with Gasteiger partial charge in [-0.15, -0.1) is 0 Å². The van der Waals surface area contributed by atoms with Gasteiger partial charge in [0.2, 0.25) is 21.8 Å². The number of hydrogen-bond donors (Lipinski definition) is 1. The summed E-state index contributed by atoms with van der Waals surface area (Å²) in [5, 5.41) is 2.95. The summed E-state index contributed by atoms with van der Waals surface area (Å²) in [6, 6.07) is 16.7. The molecule has 2 aliphatic heterocycles. The van der Waals surface area contributed by atoms with E-state index < -0.39 is 10.0 Å². The van der Waals surface area contributed by atoms with Crippen LogP contribution in [0.4, 0.5) is 0 Å². The summed E-state index contributed by atoms with van der Waals surface area (Å²) >= 11 is 0. The van der Waals surface area contributed by atoms with E-state index in [2.05, 4.69) is 5.32 Å². The van der Waals surface area contributed by atoms with Crippen molar-refractivity contribution in [2.75, 3.05) is 26.2 Å². The number of likely N-dealkylation sites (tertiary alicyclic amines) is 1. The van der Waals surface area contributed by atoms with Crippen LogP contribution in [0.5, 0.6) is 0 Å². The first-order valence-corrected chi connectivity index (χ1v) is 14.0. The van der Waals surface area contributed by atoms with Crippen LogP contribution in [0.15, 0.2) is 59.5 Å². The van der Waals surface area contributed by atoms with Gasteiger partial charge in [0.1, 0.15) is 0 Å². The fourth-order valence-corrected chi connectivity index (χ4v) is 6.44. The third-order valence-electron chi connectivity index (χ3n) is 7.12. The summed E-state index contributed by atoms with van der Waals surface area (Å²) in [7, 11) is -3.46. The van der Waals surface area contributed by atoms with Crippen molar-refractivity contribution in [1.29, 1.82) is 0 Å². The van der Waals surface area contributed by atoms with Gasteiger partial charge in [-0.1, -0.05) is 55.3 Å². The van der Waals surface area contributed by atoms with E-state index in [0.717, 1.165) is 36.8 Å². The number of amides is 2. The highest BCUT2D eigenvalue weighted by Gasteiger charge is 2.36. The molecule has 0 aliphatic carbocycles. The largest absolute Gasteiger partial charge is 0.355 e. The molecule has 2 amide bonds. The molecule has 4 rings (SSSR count). The van der Waals surface area contributed by atoms with Gasteiger partial charge in [0.15, 0.2) is 0 Å². The zero-order chi connectivity index (χ0) is 24.8. The normalized spacial score (nSPS) is 20.4. The molecule has 0 saturated carbocycles. The Balaban J connectivity index is 1.27. The van der Waals surface area contributed by atoms with Crippen LogP contribution in [0, 0.1) is 5.92 Å². The van der Waals surface area contributed by atoms with E-state index in [1.54, 1.807) is 21.3 Å². The molecular weight excluding hydrogens is 462 g/mol. The number of nitrogens with one attached hydrogen (secondary N) is 1. The summed E-state index contributed by atoms with van der Waals surface area (Å²) in [5.74, 6) is -0.459. The van der Waals surface area contributed by atoms with Gasteiger partial charge in [0.05, 0.1) is 16.9 Å². The number of sulfonamides is 1. The Morgan fingerprint density at radius 3 is 2.31 bits per heavy atom. The maximum Gasteiger partial charge on any atom is 0.243 e. The summed E-state index contributed by atoms with van der Waals surface area (Å²) in [5.41, 5.74) is 2.02. The molecule has 0 spiro atoms. The lowest BCUT2D eigenvalue weighted by Crippen LogP contribution is -2.34. The monoisotopic (exact) mass is 497 g/mol. The van der Waals surface area contributed by atoms with E-state index in [1.165, 1.54) is 0 Å². The third kappa shape index (κ3) is 6.11. The minimum atomic E-state index is -3.46. The van der Waals surface area contributed by atoms with Crippen LogP contribution >= 0.6 is 0 Å². The number of carbonyl (C=O) groups excluding carboxylic acids is 2. The van der Waals surface area contributed by atoms with Crippen molar-refractivity contribution in [3.05, 3.63) is 65.7 Å². The highest BCUT2D eigenvalue weighted by molar-refractivity contribution is 7.89. The quantitative estimate of drug-likeness (QED) is 0.605. The van der Waals surface area contributed by atoms with E-state index in [1.807, 2.05) is 49.4 Å². The van der Waals surface area contributed by atoms with Crippen molar-refractivity contribution in [1.82, 2.24) is 14.5 Å². The SMILES string of the molecule is CC(c1ccccc1)N1CC(C(=O)NCCc2ccc(S(=O)(=O)N3CCCCCC3)cc2)CC1=O. The maximum atomic E-state index is 12.9. The molecule has 0 radical (unpaired) electrons. The molecule has 2 aromatic carbocycles. The van der Waals surface area contributed by atoms with Crippen LogP contribution in [0.1, 0.15) is 56.2 Å². The molecule has 2 aliphatic rings. The van der Waals surface area contributed by atoms with Gasteiger partial charge in [-0.05, 0) is 49.4 Å². The average molecular weight is 498 g/mol. The van der Waals surface area contributed by atoms with Gasteiger partial charge >= 0.3 is 0 Å². The Labute approximate surface area is 208 Å². The van der Waals surface area contributed by atoms with Gasteiger partial charge in [-0.2, -0.15) is 4.31 Å². The molecule has 2 aromatic rings. The molecule has 8 heteroatoms. The Kier molecular flexibility index (Phi) is 8.23. The third-order valence-corrected chi connectivity index (χ3v) is 9.03. The minimum Gasteiger partial charge on any atom is -0.355 e. The van der Waals surface area contributed by atoms with E-state index >= 15 is 0 Å². The first-order valence-electron chi connectivity index (χ1n) is 12.6. The number of carbonyl (C=O) groups is 2. The van der Waals surface area contributed by atoms with Crippen LogP contribution < -0.4 is 5.32 Å². The first kappa shape index (κ1) is 25.4. The van der Waals surface area contributed by atoms with Crippen molar-refractivity contribution < 1.29 is 18.0 Å². The van der Waals surface area contributed by atoms with Crippen LogP contribution in [-0.2, 0) is 26.0 Å². The van der Waals surface area contributed by atoms with E-state index in [0.29, 0.717) is 37.5 Å². The highest BCUT2D eigenvalue weighted by atomic mass is 32.2. The highest BCUT2D eigenvalue weighted by Crippen LogP contribution is 2.28. The summed E-state index contributed by atoms with van der Waals surface area (Å²) in [6.45, 7) is 4.02. The lowest BCUT2D eigenvalue weighted by molar-refractivity contribution is -0.130. The molecule has 7 nitrogen and oxygen atoms in total. The second kappa shape index (κ2) is 11.4. The summed E-state index contributed by atoms with van der Waals surface area (Å²) in [6.07, 6.45) is 4.80. The van der Waals surface area contributed by atoms with Crippen molar-refractivity contribution in [2.45, 2.75) is 56.4 Å². The van der Waals surface area contributed by atoms with Crippen molar-refractivity contribution in [3.63, 3.8) is 0 Å². The molecule has 2 heterocycles. The molecule has 2 fully saturated rings. The molecule has 188 valence electrons. The smallest absolute Gasteiger partial charge is 0.243 e. The summed E-state index contributed by atoms with van der Waals surface area (Å²) < 4.78 is 27.5. The van der Waals surface area contributed by atoms with Crippen LogP contribution in [-0.4, -0.2) is 55.6 Å². The fourth-order valence-electron chi connectivity index (χ4n) is 4.93. The van der Waals surface area contributed by atoms with Gasteiger partial charge in [0, 0.05) is 32.6 Å². The van der Waals surface area contributed by atoms with Crippen molar-refractivity contribution in [3.8, 4) is 0 Å². The number of benzene rings is 2. The Morgan fingerprint density at radius 2 is 1.66 bits per heavy atom. The molecule has 2 unspecified atom stereocenters. The first-order chi connectivity index (χ1) is 16.9. The van der Waals surface area contributed by atoms with Gasteiger partial charge in [-0.25, -0.2) is 8.42 Å². The van der Waals surface area contributed by atoms with Crippen molar-refractivity contribution >= 4 is 21.8 Å². The van der Waals surface area contributed by atoms with Gasteiger partial charge in [0.25, 0.3) is 0 Å². The Morgan fingerprint density at radius 1 is 1.00 bits per heavy atom. The Bertz CT molecular complexity index is 1110. The maximum absolute atomic E-state index is 12.9. The average Bonchev–Trinajstić information content (AvgIpc) is 3.06. The van der Waals surface area contributed by atoms with Gasteiger partial charge < -0.3 is 10.2 Å². The standard InChI is InChI=1S/C27H35N3O4S/c1-21(23-9-5-4-6-10-23)30-20-24(19-26(30)31)27(32)28-16-15-22-11-13-25(14-12-22)35(33,34)29-17-7-2-3-8-18-29/h4-6,9-14,21,24H,2-3,7-8,15-20H2,1H3,(H,28,32). The Hall–Kier alpha value is -2.71. The van der Waals surface area contributed by atoms with Crippen molar-refractivity contribution in [2.24, 2.45) is 5.92 Å². The zero-order valence-corrected chi connectivity index (χ0v) is 21.2. The van der Waals surface area contributed by atoms with E-state index in [-0.39, 0.29) is 30.2 Å². The molecular formula is C27H35N3O4S. The molecule has 0 bridgehead atoms. The lowest BCUT2D eigenvalue weighted by Gasteiger charge is -2.25. The zero-order valence-electron chi connectivity index (χ0n) is 20.4. The van der Waals surface area contributed by atoms with Gasteiger partial charge in [-0.3, -0.25) is 9.59 Å². The molecule has 2 atom stereocenters. The number of rotatable bonds is 8. The second-order valence-electron chi connectivity index (χ2n) is 9.54. The predicted molar refractivity (Wildman–Crippen MR) is 135 cm³/mol. The van der Waals surface area contributed by atoms with E-state index in [4.69, 9.17) is 0 Å². The molecule has 35 heavy (non-hydrogen) atoms. The number of nitrogens with zero attached hydrogens (tertiary/aromatic N) is 2. The predicted octanol–water partition coefficient (Wildman–Crippen LogP) is 3.52. The number of hydrogen-bond acceptors (Lipinski definition) is 4. The fraction of sp³-hybridized carbons (Fsp3) is 0.481. The van der Waals surface area contributed by atoms with Crippen LogP contribution in [0.3, 0.4) is 0 Å².